The van der Waals surface area contributed by atoms with Crippen LogP contribution in [0, 0.1) is 5.41 Å². The Balaban J connectivity index is 2.00. The number of halogens is 2. The fourth-order valence-corrected chi connectivity index (χ4v) is 1.95. The van der Waals surface area contributed by atoms with Crippen LogP contribution >= 0.6 is 23.2 Å². The number of hydrazine groups is 1. The minimum atomic E-state index is -1.29. The van der Waals surface area contributed by atoms with Gasteiger partial charge in [0.2, 0.25) is 0 Å². The zero-order valence-corrected chi connectivity index (χ0v) is 10.7. The van der Waals surface area contributed by atoms with Crippen molar-refractivity contribution in [1.82, 2.24) is 5.43 Å². The van der Waals surface area contributed by atoms with E-state index in [4.69, 9.17) is 28.3 Å². The average Bonchev–Trinajstić information content (AvgIpc) is 3.08. The molecule has 1 aromatic rings. The molecule has 0 aliphatic heterocycles. The minimum Gasteiger partial charge on any atom is -0.480 e. The van der Waals surface area contributed by atoms with Gasteiger partial charge in [0.15, 0.2) is 0 Å². The van der Waals surface area contributed by atoms with E-state index in [1.54, 1.807) is 12.1 Å². The first kappa shape index (κ1) is 13.0. The molecule has 0 unspecified atom stereocenters. The smallest absolute Gasteiger partial charge is 0.319 e. The lowest BCUT2D eigenvalue weighted by molar-refractivity contribution is -0.148. The summed E-state index contributed by atoms with van der Waals surface area (Å²) in [6.45, 7) is 0. The highest BCUT2D eigenvalue weighted by atomic mass is 35.5. The topological polar surface area (TPSA) is 78.4 Å². The first-order valence-electron chi connectivity index (χ1n) is 5.20. The Kier molecular flexibility index (Phi) is 3.36. The van der Waals surface area contributed by atoms with Gasteiger partial charge < -0.3 is 5.11 Å². The van der Waals surface area contributed by atoms with Crippen LogP contribution in [0.5, 0.6) is 0 Å². The van der Waals surface area contributed by atoms with Crippen LogP contribution in [0.3, 0.4) is 0 Å². The summed E-state index contributed by atoms with van der Waals surface area (Å²) in [5.74, 6) is -1.68. The molecular weight excluding hydrogens is 279 g/mol. The van der Waals surface area contributed by atoms with Crippen LogP contribution in [-0.4, -0.2) is 17.0 Å². The van der Waals surface area contributed by atoms with Gasteiger partial charge in [0.05, 0.1) is 10.7 Å². The fourth-order valence-electron chi connectivity index (χ4n) is 1.50. The maximum absolute atomic E-state index is 11.7. The molecule has 1 aliphatic carbocycles. The molecule has 96 valence electrons. The summed E-state index contributed by atoms with van der Waals surface area (Å²) in [6, 6.07) is 4.71. The molecule has 2 rings (SSSR count). The maximum Gasteiger partial charge on any atom is 0.319 e. The van der Waals surface area contributed by atoms with Gasteiger partial charge in [-0.1, -0.05) is 23.2 Å². The number of rotatable bonds is 4. The number of carboxylic acids is 1. The lowest BCUT2D eigenvalue weighted by Crippen LogP contribution is -2.40. The van der Waals surface area contributed by atoms with Gasteiger partial charge in [0, 0.05) is 5.02 Å². The molecule has 0 radical (unpaired) electrons. The average molecular weight is 289 g/mol. The normalized spacial score (nSPS) is 15.9. The largest absolute Gasteiger partial charge is 0.480 e. The summed E-state index contributed by atoms with van der Waals surface area (Å²) < 4.78 is 0. The molecule has 0 atom stereocenters. The highest BCUT2D eigenvalue weighted by Gasteiger charge is 2.57. The molecule has 0 bridgehead atoms. The van der Waals surface area contributed by atoms with E-state index in [1.807, 2.05) is 0 Å². The van der Waals surface area contributed by atoms with Gasteiger partial charge in [0.25, 0.3) is 5.91 Å². The second kappa shape index (κ2) is 4.66. The van der Waals surface area contributed by atoms with Crippen LogP contribution in [0.25, 0.3) is 0 Å². The number of hydrogen-bond acceptors (Lipinski definition) is 3. The SMILES string of the molecule is O=C(O)C1(C(=O)NNc2ccc(Cl)cc2Cl)CC1. The Morgan fingerprint density at radius 2 is 1.94 bits per heavy atom. The Labute approximate surface area is 113 Å². The van der Waals surface area contributed by atoms with Crippen molar-refractivity contribution in [1.29, 1.82) is 0 Å². The third-order valence-corrected chi connectivity index (χ3v) is 3.38. The third-order valence-electron chi connectivity index (χ3n) is 2.84. The van der Waals surface area contributed by atoms with Crippen LogP contribution in [-0.2, 0) is 9.59 Å². The number of aliphatic carboxylic acids is 1. The van der Waals surface area contributed by atoms with E-state index < -0.39 is 17.3 Å². The fraction of sp³-hybridized carbons (Fsp3) is 0.273. The summed E-state index contributed by atoms with van der Waals surface area (Å²) >= 11 is 11.6. The van der Waals surface area contributed by atoms with Crippen molar-refractivity contribution in [2.75, 3.05) is 5.43 Å². The molecular formula is C11H10Cl2N2O3. The van der Waals surface area contributed by atoms with Gasteiger partial charge in [-0.2, -0.15) is 0 Å². The molecule has 1 fully saturated rings. The van der Waals surface area contributed by atoms with E-state index in [0.717, 1.165) is 0 Å². The summed E-state index contributed by atoms with van der Waals surface area (Å²) in [7, 11) is 0. The van der Waals surface area contributed by atoms with Gasteiger partial charge in [-0.15, -0.1) is 0 Å². The molecule has 1 aliphatic rings. The van der Waals surface area contributed by atoms with Crippen LogP contribution in [0.1, 0.15) is 12.8 Å². The standard InChI is InChI=1S/C11H10Cl2N2O3/c12-6-1-2-8(7(13)5-6)14-15-9(16)11(3-4-11)10(17)18/h1-2,5,14H,3-4H2,(H,15,16)(H,17,18). The van der Waals surface area contributed by atoms with E-state index in [0.29, 0.717) is 28.6 Å². The Morgan fingerprint density at radius 3 is 2.44 bits per heavy atom. The Morgan fingerprint density at radius 1 is 1.28 bits per heavy atom. The first-order valence-corrected chi connectivity index (χ1v) is 5.96. The van der Waals surface area contributed by atoms with Gasteiger partial charge in [-0.25, -0.2) is 0 Å². The predicted molar refractivity (Wildman–Crippen MR) is 67.5 cm³/mol. The summed E-state index contributed by atoms with van der Waals surface area (Å²) in [5.41, 5.74) is 4.10. The number of carboxylic acid groups (broad SMARTS) is 1. The molecule has 1 amide bonds. The lowest BCUT2D eigenvalue weighted by Gasteiger charge is -2.13. The number of amides is 1. The van der Waals surface area contributed by atoms with Gasteiger partial charge in [-0.05, 0) is 31.0 Å². The number of carbonyl (C=O) groups is 2. The Bertz CT molecular complexity index is 515. The molecule has 1 aromatic carbocycles. The van der Waals surface area contributed by atoms with Crippen LogP contribution in [0.4, 0.5) is 5.69 Å². The van der Waals surface area contributed by atoms with Crippen LogP contribution in [0.2, 0.25) is 10.0 Å². The maximum atomic E-state index is 11.7. The van der Waals surface area contributed by atoms with Crippen LogP contribution in [0.15, 0.2) is 18.2 Å². The highest BCUT2D eigenvalue weighted by molar-refractivity contribution is 6.36. The van der Waals surface area contributed by atoms with E-state index in [2.05, 4.69) is 10.9 Å². The molecule has 3 N–H and O–H groups in total. The number of benzene rings is 1. The zero-order valence-electron chi connectivity index (χ0n) is 9.17. The molecule has 0 aromatic heterocycles. The number of nitrogens with one attached hydrogen (secondary N) is 2. The van der Waals surface area contributed by atoms with E-state index in [1.165, 1.54) is 6.07 Å². The first-order chi connectivity index (χ1) is 8.45. The van der Waals surface area contributed by atoms with Crippen molar-refractivity contribution >= 4 is 40.8 Å². The van der Waals surface area contributed by atoms with E-state index >= 15 is 0 Å². The predicted octanol–water partition coefficient (Wildman–Crippen LogP) is 2.30. The van der Waals surface area contributed by atoms with Gasteiger partial charge >= 0.3 is 5.97 Å². The molecule has 7 heteroatoms. The van der Waals surface area contributed by atoms with Crippen molar-refractivity contribution in [3.63, 3.8) is 0 Å². The van der Waals surface area contributed by atoms with Crippen molar-refractivity contribution < 1.29 is 14.7 Å². The monoisotopic (exact) mass is 288 g/mol. The van der Waals surface area contributed by atoms with Crippen molar-refractivity contribution in [2.24, 2.45) is 5.41 Å². The van der Waals surface area contributed by atoms with Crippen molar-refractivity contribution in [3.8, 4) is 0 Å². The Hall–Kier alpha value is -1.46. The molecule has 0 spiro atoms. The molecule has 0 heterocycles. The lowest BCUT2D eigenvalue weighted by atomic mass is 10.1. The third kappa shape index (κ3) is 2.37. The number of anilines is 1. The second-order valence-corrected chi connectivity index (χ2v) is 4.93. The van der Waals surface area contributed by atoms with Gasteiger partial charge in [0.1, 0.15) is 5.41 Å². The highest BCUT2D eigenvalue weighted by Crippen LogP contribution is 2.46. The second-order valence-electron chi connectivity index (χ2n) is 4.09. The molecule has 0 saturated heterocycles. The van der Waals surface area contributed by atoms with Crippen molar-refractivity contribution in [2.45, 2.75) is 12.8 Å². The summed E-state index contributed by atoms with van der Waals surface area (Å²) in [4.78, 5) is 22.6. The number of hydrogen-bond donors (Lipinski definition) is 3. The molecule has 1 saturated carbocycles. The van der Waals surface area contributed by atoms with E-state index in [9.17, 15) is 9.59 Å². The number of carbonyl (C=O) groups excluding carboxylic acids is 1. The minimum absolute atomic E-state index is 0.336. The van der Waals surface area contributed by atoms with Gasteiger partial charge in [-0.3, -0.25) is 20.4 Å². The van der Waals surface area contributed by atoms with E-state index in [-0.39, 0.29) is 0 Å². The molecule has 18 heavy (non-hydrogen) atoms. The summed E-state index contributed by atoms with van der Waals surface area (Å²) in [6.07, 6.45) is 0.703. The van der Waals surface area contributed by atoms with Crippen molar-refractivity contribution in [3.05, 3.63) is 28.2 Å². The summed E-state index contributed by atoms with van der Waals surface area (Å²) in [5, 5.41) is 9.74. The zero-order chi connectivity index (χ0) is 13.3. The quantitative estimate of drug-likeness (QED) is 0.587. The molecule has 5 nitrogen and oxygen atoms in total. The van der Waals surface area contributed by atoms with Crippen LogP contribution < -0.4 is 10.9 Å².